The third-order valence-electron chi connectivity index (χ3n) is 3.55. The first kappa shape index (κ1) is 14.3. The van der Waals surface area contributed by atoms with E-state index in [1.54, 1.807) is 0 Å². The van der Waals surface area contributed by atoms with Crippen molar-refractivity contribution in [3.8, 4) is 0 Å². The summed E-state index contributed by atoms with van der Waals surface area (Å²) < 4.78 is 1.13. The number of fused-ring (bicyclic) bond motifs is 1. The molecule has 1 heterocycles. The second-order valence-electron chi connectivity index (χ2n) is 4.94. The zero-order valence-corrected chi connectivity index (χ0v) is 13.7. The summed E-state index contributed by atoms with van der Waals surface area (Å²) in [4.78, 5) is 4.79. The molecule has 0 aliphatic carbocycles. The molecule has 0 saturated heterocycles. The molecule has 0 bridgehead atoms. The number of hydrogen-bond acceptors (Lipinski definition) is 2. The van der Waals surface area contributed by atoms with Crippen LogP contribution < -0.4 is 5.32 Å². The highest BCUT2D eigenvalue weighted by Gasteiger charge is 2.12. The molecule has 1 aromatic carbocycles. The Morgan fingerprint density at radius 3 is 2.58 bits per heavy atom. The number of benzene rings is 1. The monoisotopic (exact) mass is 320 g/mol. The third-order valence-corrected chi connectivity index (χ3v) is 4.01. The maximum atomic E-state index is 4.79. The van der Waals surface area contributed by atoms with E-state index in [2.05, 4.69) is 61.1 Å². The highest BCUT2D eigenvalue weighted by Crippen LogP contribution is 2.32. The van der Waals surface area contributed by atoms with E-state index in [9.17, 15) is 0 Å². The number of anilines is 1. The van der Waals surface area contributed by atoms with Gasteiger partial charge in [-0.05, 0) is 49.9 Å². The van der Waals surface area contributed by atoms with E-state index in [-0.39, 0.29) is 0 Å². The molecule has 0 unspecified atom stereocenters. The van der Waals surface area contributed by atoms with E-state index in [0.717, 1.165) is 35.1 Å². The summed E-state index contributed by atoms with van der Waals surface area (Å²) in [7, 11) is 0. The van der Waals surface area contributed by atoms with Crippen LogP contribution in [0, 0.1) is 13.8 Å². The first-order chi connectivity index (χ1) is 9.08. The fraction of sp³-hybridized carbons (Fsp3) is 0.438. The molecular weight excluding hydrogens is 300 g/mol. The molecule has 0 amide bonds. The highest BCUT2D eigenvalue weighted by molar-refractivity contribution is 9.10. The summed E-state index contributed by atoms with van der Waals surface area (Å²) >= 11 is 3.61. The van der Waals surface area contributed by atoms with Crippen molar-refractivity contribution in [1.82, 2.24) is 4.98 Å². The van der Waals surface area contributed by atoms with Crippen LogP contribution in [0.25, 0.3) is 10.9 Å². The summed E-state index contributed by atoms with van der Waals surface area (Å²) in [6, 6.07) is 4.35. The fourth-order valence-electron chi connectivity index (χ4n) is 2.36. The molecule has 1 aromatic heterocycles. The molecule has 102 valence electrons. The molecule has 0 spiro atoms. The van der Waals surface area contributed by atoms with Crippen molar-refractivity contribution in [2.45, 2.75) is 40.5 Å². The standard InChI is InChI=1S/C16H21BrN2/c1-5-7-18-15-10(3)11(4)19-16-12(6-2)8-13(17)9-14(15)16/h8-9H,5-7H2,1-4H3,(H,18,19). The van der Waals surface area contributed by atoms with Crippen molar-refractivity contribution < 1.29 is 0 Å². The van der Waals surface area contributed by atoms with Crippen molar-refractivity contribution >= 4 is 32.5 Å². The zero-order chi connectivity index (χ0) is 14.0. The molecule has 2 nitrogen and oxygen atoms in total. The number of aromatic nitrogens is 1. The highest BCUT2D eigenvalue weighted by atomic mass is 79.9. The minimum atomic E-state index is 0.993. The maximum Gasteiger partial charge on any atom is 0.0758 e. The average molecular weight is 321 g/mol. The maximum absolute atomic E-state index is 4.79. The number of hydrogen-bond donors (Lipinski definition) is 1. The van der Waals surface area contributed by atoms with Crippen LogP contribution >= 0.6 is 15.9 Å². The van der Waals surface area contributed by atoms with E-state index in [1.807, 2.05) is 0 Å². The summed E-state index contributed by atoms with van der Waals surface area (Å²) in [6.07, 6.45) is 2.12. The zero-order valence-electron chi connectivity index (χ0n) is 12.1. The minimum Gasteiger partial charge on any atom is -0.384 e. The Morgan fingerprint density at radius 1 is 1.21 bits per heavy atom. The predicted molar refractivity (Wildman–Crippen MR) is 87.1 cm³/mol. The second kappa shape index (κ2) is 5.91. The first-order valence-electron chi connectivity index (χ1n) is 6.91. The topological polar surface area (TPSA) is 24.9 Å². The first-order valence-corrected chi connectivity index (χ1v) is 7.71. The smallest absolute Gasteiger partial charge is 0.0758 e. The van der Waals surface area contributed by atoms with E-state index in [1.165, 1.54) is 22.2 Å². The number of rotatable bonds is 4. The fourth-order valence-corrected chi connectivity index (χ4v) is 2.87. The van der Waals surface area contributed by atoms with Gasteiger partial charge in [0.1, 0.15) is 0 Å². The molecule has 0 fully saturated rings. The number of aryl methyl sites for hydroxylation is 2. The van der Waals surface area contributed by atoms with Crippen LogP contribution in [-0.2, 0) is 6.42 Å². The van der Waals surface area contributed by atoms with E-state index < -0.39 is 0 Å². The van der Waals surface area contributed by atoms with Gasteiger partial charge in [0.25, 0.3) is 0 Å². The van der Waals surface area contributed by atoms with Gasteiger partial charge in [-0.15, -0.1) is 0 Å². The van der Waals surface area contributed by atoms with Gasteiger partial charge in [-0.2, -0.15) is 0 Å². The van der Waals surface area contributed by atoms with E-state index in [4.69, 9.17) is 4.98 Å². The van der Waals surface area contributed by atoms with Gasteiger partial charge in [0, 0.05) is 27.8 Å². The molecule has 1 N–H and O–H groups in total. The van der Waals surface area contributed by atoms with Crippen LogP contribution in [0.1, 0.15) is 37.1 Å². The third kappa shape index (κ3) is 2.76. The van der Waals surface area contributed by atoms with Crippen LogP contribution in [0.2, 0.25) is 0 Å². The summed E-state index contributed by atoms with van der Waals surface area (Å²) in [5, 5.41) is 4.79. The molecule has 19 heavy (non-hydrogen) atoms. The van der Waals surface area contributed by atoms with E-state index in [0.29, 0.717) is 0 Å². The lowest BCUT2D eigenvalue weighted by atomic mass is 10.0. The molecule has 0 aliphatic rings. The SMILES string of the molecule is CCCNc1c(C)c(C)nc2c(CC)cc(Br)cc12. The van der Waals surface area contributed by atoms with Gasteiger partial charge in [-0.1, -0.05) is 29.8 Å². The average Bonchev–Trinajstić information content (AvgIpc) is 2.39. The molecule has 0 radical (unpaired) electrons. The normalized spacial score (nSPS) is 11.0. The van der Waals surface area contributed by atoms with Crippen LogP contribution in [0.5, 0.6) is 0 Å². The number of halogens is 1. The summed E-state index contributed by atoms with van der Waals surface area (Å²) in [6.45, 7) is 9.59. The quantitative estimate of drug-likeness (QED) is 0.857. The van der Waals surface area contributed by atoms with Gasteiger partial charge in [-0.3, -0.25) is 4.98 Å². The summed E-state index contributed by atoms with van der Waals surface area (Å²) in [5.41, 5.74) is 6.03. The molecule has 3 heteroatoms. The van der Waals surface area contributed by atoms with Gasteiger partial charge in [-0.25, -0.2) is 0 Å². The molecular formula is C16H21BrN2. The Morgan fingerprint density at radius 2 is 1.95 bits per heavy atom. The van der Waals surface area contributed by atoms with E-state index >= 15 is 0 Å². The number of nitrogens with one attached hydrogen (secondary N) is 1. The van der Waals surface area contributed by atoms with Crippen molar-refractivity contribution in [3.63, 3.8) is 0 Å². The van der Waals surface area contributed by atoms with Gasteiger partial charge in [0.15, 0.2) is 0 Å². The molecule has 0 aliphatic heterocycles. The minimum absolute atomic E-state index is 0.993. The number of pyridine rings is 1. The van der Waals surface area contributed by atoms with Gasteiger partial charge in [0.2, 0.25) is 0 Å². The molecule has 2 aromatic rings. The van der Waals surface area contributed by atoms with Crippen LogP contribution in [0.4, 0.5) is 5.69 Å². The molecule has 0 atom stereocenters. The predicted octanol–water partition coefficient (Wildman–Crippen LogP) is 5.00. The van der Waals surface area contributed by atoms with Gasteiger partial charge >= 0.3 is 0 Å². The number of nitrogens with zero attached hydrogens (tertiary/aromatic N) is 1. The van der Waals surface area contributed by atoms with Crippen LogP contribution in [-0.4, -0.2) is 11.5 Å². The summed E-state index contributed by atoms with van der Waals surface area (Å²) in [5.74, 6) is 0. The lowest BCUT2D eigenvalue weighted by Crippen LogP contribution is -2.05. The lowest BCUT2D eigenvalue weighted by molar-refractivity contribution is 0.976. The second-order valence-corrected chi connectivity index (χ2v) is 5.85. The Labute approximate surface area is 123 Å². The molecule has 2 rings (SSSR count). The van der Waals surface area contributed by atoms with Crippen LogP contribution in [0.3, 0.4) is 0 Å². The van der Waals surface area contributed by atoms with Crippen molar-refractivity contribution in [2.24, 2.45) is 0 Å². The lowest BCUT2D eigenvalue weighted by Gasteiger charge is -2.16. The van der Waals surface area contributed by atoms with Crippen molar-refractivity contribution in [2.75, 3.05) is 11.9 Å². The van der Waals surface area contributed by atoms with Crippen LogP contribution in [0.15, 0.2) is 16.6 Å². The Hall–Kier alpha value is -1.09. The van der Waals surface area contributed by atoms with Gasteiger partial charge < -0.3 is 5.32 Å². The molecule has 0 saturated carbocycles. The Bertz CT molecular complexity index is 605. The Kier molecular flexibility index (Phi) is 4.46. The van der Waals surface area contributed by atoms with Crippen molar-refractivity contribution in [1.29, 1.82) is 0 Å². The Balaban J connectivity index is 2.75. The van der Waals surface area contributed by atoms with Crippen molar-refractivity contribution in [3.05, 3.63) is 33.4 Å². The largest absolute Gasteiger partial charge is 0.384 e. The van der Waals surface area contributed by atoms with Gasteiger partial charge in [0.05, 0.1) is 5.52 Å².